The average Bonchev–Trinajstić information content (AvgIpc) is 3.36. The normalized spacial score (nSPS) is 14.8. The molecular weight excluding hydrogens is 466 g/mol. The standard InChI is InChI=1S/C25H25N5O6/c1-2-36-19(32)14-30-23(15-6-8-16(31)9-7-15)21-22(27-30)17-4-3-5-18(20(17)24(21)33)26-25(34)28-29-10-12-35-13-11-29/h3-9,31H,2,10-14H2,1H3,(H2,26,28,34). The van der Waals surface area contributed by atoms with Crippen LogP contribution in [0.15, 0.2) is 42.5 Å². The fourth-order valence-corrected chi connectivity index (χ4v) is 4.41. The van der Waals surface area contributed by atoms with E-state index in [1.54, 1.807) is 42.3 Å². The van der Waals surface area contributed by atoms with E-state index in [-0.39, 0.29) is 24.7 Å². The highest BCUT2D eigenvalue weighted by Crippen LogP contribution is 2.44. The number of ketones is 1. The Morgan fingerprint density at radius 1 is 1.11 bits per heavy atom. The maximum Gasteiger partial charge on any atom is 0.333 e. The molecule has 3 aromatic rings. The van der Waals surface area contributed by atoms with Gasteiger partial charge >= 0.3 is 12.0 Å². The molecule has 186 valence electrons. The summed E-state index contributed by atoms with van der Waals surface area (Å²) in [5, 5.41) is 18.9. The van der Waals surface area contributed by atoms with Crippen LogP contribution in [-0.2, 0) is 20.8 Å². The molecule has 0 atom stereocenters. The SMILES string of the molecule is CCOC(=O)Cn1nc2c(c1-c1ccc(O)cc1)C(=O)c1c(NC(=O)NN3CCOCC3)cccc1-2. The minimum Gasteiger partial charge on any atom is -0.508 e. The summed E-state index contributed by atoms with van der Waals surface area (Å²) < 4.78 is 11.8. The molecule has 1 saturated heterocycles. The first-order valence-electron chi connectivity index (χ1n) is 11.6. The van der Waals surface area contributed by atoms with E-state index in [2.05, 4.69) is 15.8 Å². The van der Waals surface area contributed by atoms with Crippen LogP contribution in [0.5, 0.6) is 5.75 Å². The van der Waals surface area contributed by atoms with Gasteiger partial charge in [0, 0.05) is 24.2 Å². The summed E-state index contributed by atoms with van der Waals surface area (Å²) in [4.78, 5) is 38.7. The summed E-state index contributed by atoms with van der Waals surface area (Å²) >= 11 is 0. The fourth-order valence-electron chi connectivity index (χ4n) is 4.41. The number of nitrogens with zero attached hydrogens (tertiary/aromatic N) is 3. The zero-order chi connectivity index (χ0) is 25.2. The molecule has 11 nitrogen and oxygen atoms in total. The molecule has 1 aromatic heterocycles. The Balaban J connectivity index is 1.51. The molecule has 2 amide bonds. The number of fused-ring (bicyclic) bond motifs is 3. The molecule has 5 rings (SSSR count). The van der Waals surface area contributed by atoms with Gasteiger partial charge in [-0.1, -0.05) is 12.1 Å². The minimum atomic E-state index is -0.485. The van der Waals surface area contributed by atoms with E-state index in [0.29, 0.717) is 65.6 Å². The Hall–Kier alpha value is -4.22. The zero-order valence-electron chi connectivity index (χ0n) is 19.6. The number of morpholine rings is 1. The van der Waals surface area contributed by atoms with Gasteiger partial charge in [0.15, 0.2) is 5.78 Å². The molecule has 11 heteroatoms. The summed E-state index contributed by atoms with van der Waals surface area (Å²) in [6.07, 6.45) is 0. The number of aromatic hydroxyl groups is 1. The molecule has 1 aliphatic heterocycles. The minimum absolute atomic E-state index is 0.0687. The van der Waals surface area contributed by atoms with Crippen molar-refractivity contribution in [2.45, 2.75) is 13.5 Å². The lowest BCUT2D eigenvalue weighted by Gasteiger charge is -2.27. The molecule has 0 saturated carbocycles. The van der Waals surface area contributed by atoms with Crippen LogP contribution in [0.25, 0.3) is 22.5 Å². The number of hydrazine groups is 1. The number of phenols is 1. The number of hydrogen-bond acceptors (Lipinski definition) is 8. The van der Waals surface area contributed by atoms with Crippen molar-refractivity contribution in [2.24, 2.45) is 0 Å². The number of carbonyl (C=O) groups is 3. The van der Waals surface area contributed by atoms with Gasteiger partial charge in [-0.2, -0.15) is 5.10 Å². The first kappa shape index (κ1) is 23.5. The smallest absolute Gasteiger partial charge is 0.333 e. The van der Waals surface area contributed by atoms with Gasteiger partial charge in [0.25, 0.3) is 0 Å². The Morgan fingerprint density at radius 2 is 1.86 bits per heavy atom. The predicted molar refractivity (Wildman–Crippen MR) is 129 cm³/mol. The van der Waals surface area contributed by atoms with Gasteiger partial charge in [-0.25, -0.2) is 9.80 Å². The summed E-state index contributed by atoms with van der Waals surface area (Å²) in [6, 6.07) is 11.0. The van der Waals surface area contributed by atoms with E-state index in [9.17, 15) is 19.5 Å². The van der Waals surface area contributed by atoms with Crippen molar-refractivity contribution in [2.75, 3.05) is 38.2 Å². The van der Waals surface area contributed by atoms with Crippen LogP contribution < -0.4 is 10.7 Å². The summed E-state index contributed by atoms with van der Waals surface area (Å²) in [7, 11) is 0. The van der Waals surface area contributed by atoms with Gasteiger partial charge in [-0.15, -0.1) is 0 Å². The Labute approximate surface area is 206 Å². The zero-order valence-corrected chi connectivity index (χ0v) is 19.6. The number of benzene rings is 2. The third-order valence-electron chi connectivity index (χ3n) is 5.97. The van der Waals surface area contributed by atoms with Crippen molar-refractivity contribution in [3.8, 4) is 28.3 Å². The Morgan fingerprint density at radius 3 is 2.58 bits per heavy atom. The highest BCUT2D eigenvalue weighted by atomic mass is 16.5. The van der Waals surface area contributed by atoms with E-state index in [1.807, 2.05) is 0 Å². The lowest BCUT2D eigenvalue weighted by molar-refractivity contribution is -0.144. The number of urea groups is 1. The molecule has 2 aliphatic rings. The van der Waals surface area contributed by atoms with Gasteiger partial charge in [0.05, 0.1) is 42.3 Å². The second kappa shape index (κ2) is 9.80. The number of rotatable bonds is 6. The number of aromatic nitrogens is 2. The van der Waals surface area contributed by atoms with Gasteiger partial charge in [0.2, 0.25) is 0 Å². The molecular formula is C25H25N5O6. The number of hydrogen-bond donors (Lipinski definition) is 3. The molecule has 0 radical (unpaired) electrons. The van der Waals surface area contributed by atoms with Gasteiger partial charge in [-0.3, -0.25) is 19.7 Å². The maximum atomic E-state index is 13.7. The summed E-state index contributed by atoms with van der Waals surface area (Å²) in [5.41, 5.74) is 5.79. The highest BCUT2D eigenvalue weighted by Gasteiger charge is 2.37. The van der Waals surface area contributed by atoms with E-state index < -0.39 is 12.0 Å². The van der Waals surface area contributed by atoms with E-state index >= 15 is 0 Å². The molecule has 0 unspecified atom stereocenters. The van der Waals surface area contributed by atoms with Crippen molar-refractivity contribution >= 4 is 23.5 Å². The van der Waals surface area contributed by atoms with Crippen LogP contribution in [0.1, 0.15) is 22.8 Å². The lowest BCUT2D eigenvalue weighted by atomic mass is 10.0. The molecule has 3 N–H and O–H groups in total. The molecule has 36 heavy (non-hydrogen) atoms. The largest absolute Gasteiger partial charge is 0.508 e. The lowest BCUT2D eigenvalue weighted by Crippen LogP contribution is -2.49. The first-order chi connectivity index (χ1) is 17.5. The maximum absolute atomic E-state index is 13.7. The molecule has 0 spiro atoms. The third-order valence-corrected chi connectivity index (χ3v) is 5.97. The van der Waals surface area contributed by atoms with E-state index in [0.717, 1.165) is 0 Å². The van der Waals surface area contributed by atoms with Gasteiger partial charge in [-0.05, 0) is 37.3 Å². The fraction of sp³-hybridized carbons (Fsp3) is 0.280. The molecule has 2 aromatic carbocycles. The van der Waals surface area contributed by atoms with Gasteiger partial charge < -0.3 is 19.9 Å². The van der Waals surface area contributed by atoms with Crippen molar-refractivity contribution in [1.29, 1.82) is 0 Å². The number of amides is 2. The average molecular weight is 492 g/mol. The summed E-state index contributed by atoms with van der Waals surface area (Å²) in [6.45, 7) is 3.93. The van der Waals surface area contributed by atoms with Gasteiger partial charge in [0.1, 0.15) is 18.0 Å². The number of nitrogens with one attached hydrogen (secondary N) is 2. The molecule has 1 aliphatic carbocycles. The van der Waals surface area contributed by atoms with Crippen LogP contribution in [0.2, 0.25) is 0 Å². The number of ether oxygens (including phenoxy) is 2. The van der Waals surface area contributed by atoms with Crippen molar-refractivity contribution in [1.82, 2.24) is 20.2 Å². The quantitative estimate of drug-likeness (QED) is 0.350. The number of phenolic OH excluding ortho intramolecular Hbond substituents is 1. The molecule has 1 fully saturated rings. The monoisotopic (exact) mass is 491 g/mol. The number of carbonyl (C=O) groups excluding carboxylic acids is 3. The van der Waals surface area contributed by atoms with Crippen LogP contribution in [-0.4, -0.2) is 70.6 Å². The van der Waals surface area contributed by atoms with Crippen LogP contribution in [0.4, 0.5) is 10.5 Å². The molecule has 2 heterocycles. The predicted octanol–water partition coefficient (Wildman–Crippen LogP) is 2.40. The second-order valence-electron chi connectivity index (χ2n) is 8.30. The third kappa shape index (κ3) is 4.41. The Kier molecular flexibility index (Phi) is 6.40. The number of esters is 1. The second-order valence-corrected chi connectivity index (χ2v) is 8.30. The van der Waals surface area contributed by atoms with Crippen molar-refractivity contribution in [3.63, 3.8) is 0 Å². The summed E-state index contributed by atoms with van der Waals surface area (Å²) in [5.74, 6) is -0.735. The number of anilines is 1. The van der Waals surface area contributed by atoms with Crippen molar-refractivity contribution in [3.05, 3.63) is 53.6 Å². The first-order valence-corrected chi connectivity index (χ1v) is 11.6. The van der Waals surface area contributed by atoms with E-state index in [1.165, 1.54) is 16.8 Å². The topological polar surface area (TPSA) is 135 Å². The van der Waals surface area contributed by atoms with Crippen LogP contribution in [0.3, 0.4) is 0 Å². The Bertz CT molecular complexity index is 1330. The highest BCUT2D eigenvalue weighted by molar-refractivity contribution is 6.27. The molecule has 0 bridgehead atoms. The van der Waals surface area contributed by atoms with E-state index in [4.69, 9.17) is 9.47 Å². The van der Waals surface area contributed by atoms with Crippen LogP contribution in [0, 0.1) is 0 Å². The van der Waals surface area contributed by atoms with Crippen molar-refractivity contribution < 1.29 is 29.0 Å². The van der Waals surface area contributed by atoms with Crippen LogP contribution >= 0.6 is 0 Å².